The van der Waals surface area contributed by atoms with Crippen molar-refractivity contribution in [3.05, 3.63) is 46.8 Å². The molecule has 134 valence electrons. The van der Waals surface area contributed by atoms with Gasteiger partial charge in [-0.25, -0.2) is 0 Å². The van der Waals surface area contributed by atoms with Gasteiger partial charge in [-0.1, -0.05) is 0 Å². The second-order valence-corrected chi connectivity index (χ2v) is 6.13. The van der Waals surface area contributed by atoms with Crippen LogP contribution in [0.15, 0.2) is 24.3 Å². The molecule has 7 nitrogen and oxygen atoms in total. The van der Waals surface area contributed by atoms with Crippen LogP contribution in [0, 0.1) is 13.8 Å². The number of hydrogen-bond acceptors (Lipinski definition) is 4. The van der Waals surface area contributed by atoms with E-state index >= 15 is 0 Å². The Labute approximate surface area is 147 Å². The lowest BCUT2D eigenvalue weighted by atomic mass is 10.0. The second-order valence-electron chi connectivity index (χ2n) is 6.13. The molecule has 1 aromatic heterocycles. The van der Waals surface area contributed by atoms with E-state index in [-0.39, 0.29) is 18.6 Å². The average molecular weight is 344 g/mol. The minimum atomic E-state index is -0.545. The molecule has 2 rings (SSSR count). The van der Waals surface area contributed by atoms with Crippen molar-refractivity contribution in [2.45, 2.75) is 33.2 Å². The van der Waals surface area contributed by atoms with Gasteiger partial charge in [-0.05, 0) is 57.0 Å². The Hall–Kier alpha value is -2.83. The van der Waals surface area contributed by atoms with Crippen molar-refractivity contribution in [1.29, 1.82) is 0 Å². The van der Waals surface area contributed by atoms with Crippen molar-refractivity contribution < 1.29 is 14.3 Å². The quantitative estimate of drug-likeness (QED) is 0.790. The first kappa shape index (κ1) is 18.5. The van der Waals surface area contributed by atoms with Gasteiger partial charge >= 0.3 is 0 Å². The number of carbonyl (C=O) groups is 2. The molecular formula is C18H24N4O3. The van der Waals surface area contributed by atoms with Crippen LogP contribution in [-0.2, 0) is 18.3 Å². The number of aryl methyl sites for hydroxylation is 2. The summed E-state index contributed by atoms with van der Waals surface area (Å²) < 4.78 is 7.03. The van der Waals surface area contributed by atoms with Gasteiger partial charge in [-0.15, -0.1) is 0 Å². The molecule has 0 fully saturated rings. The van der Waals surface area contributed by atoms with E-state index in [2.05, 4.69) is 10.4 Å². The molecular weight excluding hydrogens is 320 g/mol. The van der Waals surface area contributed by atoms with Crippen LogP contribution < -0.4 is 15.8 Å². The number of nitrogens with zero attached hydrogens (tertiary/aromatic N) is 2. The van der Waals surface area contributed by atoms with E-state index in [1.54, 1.807) is 24.3 Å². The zero-order valence-corrected chi connectivity index (χ0v) is 15.0. The summed E-state index contributed by atoms with van der Waals surface area (Å²) in [6, 6.07) is 6.55. The highest BCUT2D eigenvalue weighted by molar-refractivity contribution is 5.94. The minimum Gasteiger partial charge on any atom is -0.484 e. The molecule has 1 unspecified atom stereocenters. The molecule has 0 spiro atoms. The lowest BCUT2D eigenvalue weighted by Gasteiger charge is -2.14. The van der Waals surface area contributed by atoms with Crippen molar-refractivity contribution in [2.24, 2.45) is 12.8 Å². The molecule has 0 aliphatic carbocycles. The molecule has 2 aromatic rings. The number of nitrogens with two attached hydrogens (primary N) is 1. The molecule has 2 amide bonds. The van der Waals surface area contributed by atoms with Crippen molar-refractivity contribution in [1.82, 2.24) is 15.1 Å². The number of carbonyl (C=O) groups excluding carboxylic acids is 2. The summed E-state index contributed by atoms with van der Waals surface area (Å²) in [4.78, 5) is 23.0. The van der Waals surface area contributed by atoms with E-state index in [1.165, 1.54) is 0 Å². The Morgan fingerprint density at radius 3 is 2.44 bits per heavy atom. The first-order valence-corrected chi connectivity index (χ1v) is 8.09. The van der Waals surface area contributed by atoms with Gasteiger partial charge in [0.1, 0.15) is 5.75 Å². The van der Waals surface area contributed by atoms with Crippen LogP contribution in [0.2, 0.25) is 0 Å². The standard InChI is InChI=1S/C18H24N4O3/c1-11(9-16-12(2)21-22(4)13(16)3)20-18(24)14-5-7-15(8-6-14)25-10-17(19)23/h5-8,11H,9-10H2,1-4H3,(H2,19,23)(H,20,24). The Bertz CT molecular complexity index is 765. The molecule has 0 saturated heterocycles. The van der Waals surface area contributed by atoms with Crippen LogP contribution in [0.3, 0.4) is 0 Å². The maximum atomic E-state index is 12.4. The number of benzene rings is 1. The zero-order chi connectivity index (χ0) is 18.6. The third-order valence-electron chi connectivity index (χ3n) is 4.04. The largest absolute Gasteiger partial charge is 0.484 e. The average Bonchev–Trinajstić information content (AvgIpc) is 2.79. The predicted molar refractivity (Wildman–Crippen MR) is 94.4 cm³/mol. The van der Waals surface area contributed by atoms with Crippen molar-refractivity contribution in [2.75, 3.05) is 6.61 Å². The summed E-state index contributed by atoms with van der Waals surface area (Å²) in [6.07, 6.45) is 0.719. The van der Waals surface area contributed by atoms with Crippen LogP contribution in [0.5, 0.6) is 5.75 Å². The molecule has 1 heterocycles. The molecule has 1 atom stereocenters. The number of hydrogen-bond donors (Lipinski definition) is 2. The molecule has 3 N–H and O–H groups in total. The fourth-order valence-corrected chi connectivity index (χ4v) is 2.63. The second kappa shape index (κ2) is 7.83. The van der Waals surface area contributed by atoms with Gasteiger partial charge in [0, 0.05) is 24.3 Å². The summed E-state index contributed by atoms with van der Waals surface area (Å²) in [5, 5.41) is 7.38. The lowest BCUT2D eigenvalue weighted by molar-refractivity contribution is -0.119. The van der Waals surface area contributed by atoms with Gasteiger partial charge in [-0.2, -0.15) is 5.10 Å². The number of rotatable bonds is 7. The van der Waals surface area contributed by atoms with Gasteiger partial charge in [-0.3, -0.25) is 14.3 Å². The van der Waals surface area contributed by atoms with Gasteiger partial charge in [0.2, 0.25) is 0 Å². The highest BCUT2D eigenvalue weighted by Gasteiger charge is 2.15. The molecule has 0 bridgehead atoms. The van der Waals surface area contributed by atoms with E-state index in [0.29, 0.717) is 11.3 Å². The number of primary amides is 1. The fourth-order valence-electron chi connectivity index (χ4n) is 2.63. The normalized spacial score (nSPS) is 11.8. The lowest BCUT2D eigenvalue weighted by Crippen LogP contribution is -2.34. The fraction of sp³-hybridized carbons (Fsp3) is 0.389. The Morgan fingerprint density at radius 2 is 1.92 bits per heavy atom. The minimum absolute atomic E-state index is 0.0279. The van der Waals surface area contributed by atoms with Crippen LogP contribution >= 0.6 is 0 Å². The summed E-state index contributed by atoms with van der Waals surface area (Å²) >= 11 is 0. The van der Waals surface area contributed by atoms with Crippen LogP contribution in [-0.4, -0.2) is 34.2 Å². The van der Waals surface area contributed by atoms with Gasteiger partial charge < -0.3 is 15.8 Å². The summed E-state index contributed by atoms with van der Waals surface area (Å²) in [5.74, 6) is -0.213. The molecule has 0 saturated carbocycles. The third kappa shape index (κ3) is 4.82. The summed E-state index contributed by atoms with van der Waals surface area (Å²) in [7, 11) is 1.91. The summed E-state index contributed by atoms with van der Waals surface area (Å²) in [6.45, 7) is 5.77. The van der Waals surface area contributed by atoms with Gasteiger partial charge in [0.05, 0.1) is 5.69 Å². The number of aromatic nitrogens is 2. The van der Waals surface area contributed by atoms with E-state index in [0.717, 1.165) is 23.4 Å². The number of nitrogens with one attached hydrogen (secondary N) is 1. The smallest absolute Gasteiger partial charge is 0.255 e. The molecule has 1 aromatic carbocycles. The first-order chi connectivity index (χ1) is 11.8. The molecule has 0 radical (unpaired) electrons. The van der Waals surface area contributed by atoms with Crippen LogP contribution in [0.1, 0.15) is 34.2 Å². The predicted octanol–water partition coefficient (Wildman–Crippen LogP) is 1.26. The van der Waals surface area contributed by atoms with E-state index < -0.39 is 5.91 Å². The SMILES string of the molecule is Cc1nn(C)c(C)c1CC(C)NC(=O)c1ccc(OCC(N)=O)cc1. The zero-order valence-electron chi connectivity index (χ0n) is 15.0. The van der Waals surface area contributed by atoms with E-state index in [1.807, 2.05) is 32.5 Å². The van der Waals surface area contributed by atoms with E-state index in [4.69, 9.17) is 10.5 Å². The number of amides is 2. The summed E-state index contributed by atoms with van der Waals surface area (Å²) in [5.41, 5.74) is 8.80. The molecule has 0 aliphatic rings. The Balaban J connectivity index is 1.95. The monoisotopic (exact) mass is 344 g/mol. The Kier molecular flexibility index (Phi) is 5.80. The van der Waals surface area contributed by atoms with Crippen LogP contribution in [0.4, 0.5) is 0 Å². The number of ether oxygens (including phenoxy) is 1. The Morgan fingerprint density at radius 1 is 1.28 bits per heavy atom. The van der Waals surface area contributed by atoms with Crippen LogP contribution in [0.25, 0.3) is 0 Å². The highest BCUT2D eigenvalue weighted by atomic mass is 16.5. The van der Waals surface area contributed by atoms with Gasteiger partial charge in [0.25, 0.3) is 11.8 Å². The molecule has 25 heavy (non-hydrogen) atoms. The van der Waals surface area contributed by atoms with Crippen molar-refractivity contribution in [3.63, 3.8) is 0 Å². The van der Waals surface area contributed by atoms with Gasteiger partial charge in [0.15, 0.2) is 6.61 Å². The molecule has 7 heteroatoms. The van der Waals surface area contributed by atoms with E-state index in [9.17, 15) is 9.59 Å². The van der Waals surface area contributed by atoms with Crippen molar-refractivity contribution >= 4 is 11.8 Å². The maximum absolute atomic E-state index is 12.4. The highest BCUT2D eigenvalue weighted by Crippen LogP contribution is 2.15. The molecule has 0 aliphatic heterocycles. The topological polar surface area (TPSA) is 99.2 Å². The van der Waals surface area contributed by atoms with Crippen molar-refractivity contribution in [3.8, 4) is 5.75 Å². The first-order valence-electron chi connectivity index (χ1n) is 8.09. The third-order valence-corrected chi connectivity index (χ3v) is 4.04. The maximum Gasteiger partial charge on any atom is 0.255 e.